The minimum absolute atomic E-state index is 0.00853. The van der Waals surface area contributed by atoms with Crippen LogP contribution in [0.4, 0.5) is 5.13 Å². The van der Waals surface area contributed by atoms with Gasteiger partial charge in [-0.05, 0) is 19.3 Å². The van der Waals surface area contributed by atoms with E-state index in [1.54, 1.807) is 5.38 Å². The van der Waals surface area contributed by atoms with Crippen molar-refractivity contribution in [2.24, 2.45) is 0 Å². The van der Waals surface area contributed by atoms with Gasteiger partial charge >= 0.3 is 5.97 Å². The molecule has 92 valence electrons. The zero-order chi connectivity index (χ0) is 11.8. The lowest BCUT2D eigenvalue weighted by molar-refractivity contribution is -0.136. The Balaban J connectivity index is 1.61. The maximum Gasteiger partial charge on any atom is 0.309 e. The van der Waals surface area contributed by atoms with E-state index in [2.05, 4.69) is 10.3 Å². The number of hydrogen-bond donors (Lipinski definition) is 2. The number of ether oxygens (including phenoxy) is 1. The van der Waals surface area contributed by atoms with Gasteiger partial charge in [0.05, 0.1) is 30.4 Å². The third-order valence-corrected chi connectivity index (χ3v) is 4.12. The number of carboxylic acids is 1. The van der Waals surface area contributed by atoms with Gasteiger partial charge in [0.1, 0.15) is 0 Å². The van der Waals surface area contributed by atoms with Gasteiger partial charge in [-0.25, -0.2) is 4.98 Å². The number of anilines is 1. The molecule has 17 heavy (non-hydrogen) atoms. The first-order chi connectivity index (χ1) is 8.20. The van der Waals surface area contributed by atoms with Crippen LogP contribution < -0.4 is 5.32 Å². The van der Waals surface area contributed by atoms with Gasteiger partial charge in [-0.15, -0.1) is 11.3 Å². The molecule has 1 aromatic heterocycles. The van der Waals surface area contributed by atoms with Crippen LogP contribution in [0.2, 0.25) is 0 Å². The first kappa shape index (κ1) is 11.0. The van der Waals surface area contributed by atoms with E-state index >= 15 is 0 Å². The molecule has 2 bridgehead atoms. The second-order valence-electron chi connectivity index (χ2n) is 4.57. The molecule has 0 aliphatic carbocycles. The molecule has 3 heterocycles. The molecular formula is C11H14N2O3S. The van der Waals surface area contributed by atoms with Crippen molar-refractivity contribution in [3.63, 3.8) is 0 Å². The normalized spacial score (nSPS) is 30.7. The highest BCUT2D eigenvalue weighted by Crippen LogP contribution is 2.36. The summed E-state index contributed by atoms with van der Waals surface area (Å²) in [4.78, 5) is 14.8. The predicted octanol–water partition coefficient (Wildman–Crippen LogP) is 1.50. The Morgan fingerprint density at radius 3 is 3.18 bits per heavy atom. The fraction of sp³-hybridized carbons (Fsp3) is 0.636. The molecule has 2 saturated heterocycles. The average molecular weight is 254 g/mol. The smallest absolute Gasteiger partial charge is 0.309 e. The second kappa shape index (κ2) is 4.27. The molecule has 0 amide bonds. The van der Waals surface area contributed by atoms with Crippen molar-refractivity contribution in [1.82, 2.24) is 4.98 Å². The van der Waals surface area contributed by atoms with Crippen molar-refractivity contribution in [3.05, 3.63) is 11.1 Å². The summed E-state index contributed by atoms with van der Waals surface area (Å²) in [6.07, 6.45) is 4.05. The summed E-state index contributed by atoms with van der Waals surface area (Å²) in [6.45, 7) is 0. The van der Waals surface area contributed by atoms with Crippen LogP contribution in [0.1, 0.15) is 25.0 Å². The quantitative estimate of drug-likeness (QED) is 0.852. The number of nitrogens with zero attached hydrogens (tertiary/aromatic N) is 1. The second-order valence-corrected chi connectivity index (χ2v) is 5.43. The highest BCUT2D eigenvalue weighted by molar-refractivity contribution is 7.13. The SMILES string of the molecule is O=C(O)Cc1csc(NC2CC3CCC2O3)n1. The van der Waals surface area contributed by atoms with E-state index in [1.807, 2.05) is 0 Å². The van der Waals surface area contributed by atoms with Crippen LogP contribution in [0.3, 0.4) is 0 Å². The number of carboxylic acid groups (broad SMARTS) is 1. The number of nitrogens with one attached hydrogen (secondary N) is 1. The Hall–Kier alpha value is -1.14. The van der Waals surface area contributed by atoms with Gasteiger partial charge in [-0.2, -0.15) is 0 Å². The fourth-order valence-electron chi connectivity index (χ4n) is 2.56. The van der Waals surface area contributed by atoms with E-state index in [0.29, 0.717) is 23.9 Å². The number of thiazole rings is 1. The van der Waals surface area contributed by atoms with Crippen molar-refractivity contribution < 1.29 is 14.6 Å². The highest BCUT2D eigenvalue weighted by atomic mass is 32.1. The Kier molecular flexibility index (Phi) is 2.76. The highest BCUT2D eigenvalue weighted by Gasteiger charge is 2.40. The molecule has 0 saturated carbocycles. The maximum atomic E-state index is 10.6. The molecule has 3 atom stereocenters. The van der Waals surface area contributed by atoms with Crippen LogP contribution in [-0.4, -0.2) is 34.3 Å². The summed E-state index contributed by atoms with van der Waals surface area (Å²) in [5.41, 5.74) is 0.620. The number of carbonyl (C=O) groups is 1. The third-order valence-electron chi connectivity index (χ3n) is 3.30. The number of aliphatic carboxylic acids is 1. The van der Waals surface area contributed by atoms with Gasteiger partial charge in [0, 0.05) is 5.38 Å². The molecule has 0 radical (unpaired) electrons. The molecule has 2 N–H and O–H groups in total. The summed E-state index contributed by atoms with van der Waals surface area (Å²) in [7, 11) is 0. The number of fused-ring (bicyclic) bond motifs is 2. The van der Waals surface area contributed by atoms with E-state index in [0.717, 1.165) is 18.0 Å². The van der Waals surface area contributed by atoms with Crippen LogP contribution in [0, 0.1) is 0 Å². The number of aromatic nitrogens is 1. The Labute approximate surface area is 103 Å². The topological polar surface area (TPSA) is 71.5 Å². The molecule has 3 rings (SSSR count). The summed E-state index contributed by atoms with van der Waals surface area (Å²) in [5.74, 6) is -0.842. The van der Waals surface area contributed by atoms with Gasteiger partial charge in [-0.1, -0.05) is 0 Å². The first-order valence-corrected chi connectivity index (χ1v) is 6.67. The molecule has 0 spiro atoms. The number of hydrogen-bond acceptors (Lipinski definition) is 5. The monoisotopic (exact) mass is 254 g/mol. The van der Waals surface area contributed by atoms with Gasteiger partial charge < -0.3 is 15.2 Å². The van der Waals surface area contributed by atoms with E-state index in [1.165, 1.54) is 17.8 Å². The minimum atomic E-state index is -0.842. The van der Waals surface area contributed by atoms with Gasteiger partial charge in [0.25, 0.3) is 0 Å². The lowest BCUT2D eigenvalue weighted by Gasteiger charge is -2.19. The zero-order valence-corrected chi connectivity index (χ0v) is 10.1. The third kappa shape index (κ3) is 2.28. The van der Waals surface area contributed by atoms with Crippen molar-refractivity contribution in [1.29, 1.82) is 0 Å². The molecule has 6 heteroatoms. The van der Waals surface area contributed by atoms with Crippen molar-refractivity contribution >= 4 is 22.4 Å². The van der Waals surface area contributed by atoms with E-state index < -0.39 is 5.97 Å². The van der Waals surface area contributed by atoms with Gasteiger partial charge in [0.15, 0.2) is 5.13 Å². The first-order valence-electron chi connectivity index (χ1n) is 5.79. The van der Waals surface area contributed by atoms with Crippen molar-refractivity contribution in [3.8, 4) is 0 Å². The van der Waals surface area contributed by atoms with Crippen LogP contribution in [0.25, 0.3) is 0 Å². The van der Waals surface area contributed by atoms with E-state index in [-0.39, 0.29) is 6.42 Å². The molecule has 2 fully saturated rings. The predicted molar refractivity (Wildman–Crippen MR) is 63.4 cm³/mol. The Morgan fingerprint density at radius 1 is 1.65 bits per heavy atom. The van der Waals surface area contributed by atoms with Crippen molar-refractivity contribution in [2.45, 2.75) is 43.9 Å². The van der Waals surface area contributed by atoms with Crippen LogP contribution >= 0.6 is 11.3 Å². The maximum absolute atomic E-state index is 10.6. The minimum Gasteiger partial charge on any atom is -0.481 e. The van der Waals surface area contributed by atoms with Gasteiger partial charge in [0.2, 0.25) is 0 Å². The van der Waals surface area contributed by atoms with Crippen LogP contribution in [-0.2, 0) is 16.0 Å². The summed E-state index contributed by atoms with van der Waals surface area (Å²) in [5, 5.41) is 14.6. The molecule has 1 aromatic rings. The molecule has 2 aliphatic heterocycles. The standard InChI is InChI=1S/C11H14N2O3S/c14-10(15)3-6-5-17-11(12-6)13-8-4-7-1-2-9(8)16-7/h5,7-9H,1-4H2,(H,12,13)(H,14,15). The van der Waals surface area contributed by atoms with Crippen molar-refractivity contribution in [2.75, 3.05) is 5.32 Å². The molecule has 5 nitrogen and oxygen atoms in total. The zero-order valence-electron chi connectivity index (χ0n) is 9.26. The Morgan fingerprint density at radius 2 is 2.53 bits per heavy atom. The molecule has 2 aliphatic rings. The summed E-state index contributed by atoms with van der Waals surface area (Å²) in [6, 6.07) is 0.345. The molecule has 3 unspecified atom stereocenters. The fourth-order valence-corrected chi connectivity index (χ4v) is 3.33. The van der Waals surface area contributed by atoms with Crippen LogP contribution in [0.15, 0.2) is 5.38 Å². The van der Waals surface area contributed by atoms with E-state index in [4.69, 9.17) is 9.84 Å². The van der Waals surface area contributed by atoms with Crippen LogP contribution in [0.5, 0.6) is 0 Å². The number of rotatable bonds is 4. The largest absolute Gasteiger partial charge is 0.481 e. The lowest BCUT2D eigenvalue weighted by Crippen LogP contribution is -2.30. The van der Waals surface area contributed by atoms with E-state index in [9.17, 15) is 4.79 Å². The summed E-state index contributed by atoms with van der Waals surface area (Å²) < 4.78 is 5.75. The summed E-state index contributed by atoms with van der Waals surface area (Å²) >= 11 is 1.46. The Bertz CT molecular complexity index is 434. The molecular weight excluding hydrogens is 240 g/mol. The average Bonchev–Trinajstić information content (AvgIpc) is 2.94. The molecule has 0 aromatic carbocycles. The lowest BCUT2D eigenvalue weighted by atomic mass is 9.96. The van der Waals surface area contributed by atoms with Gasteiger partial charge in [-0.3, -0.25) is 4.79 Å².